The molecule has 0 aliphatic carbocycles. The molecule has 0 bridgehead atoms. The second kappa shape index (κ2) is 13.6. The summed E-state index contributed by atoms with van der Waals surface area (Å²) in [7, 11) is -3.89. The minimum atomic E-state index is -4.88. The molecule has 2 fully saturated rings. The lowest BCUT2D eigenvalue weighted by Gasteiger charge is -2.37. The molecule has 4 heterocycles. The average Bonchev–Trinajstić information content (AvgIpc) is 3.47. The van der Waals surface area contributed by atoms with Gasteiger partial charge in [-0.1, -0.05) is 6.07 Å². The zero-order valence-corrected chi connectivity index (χ0v) is 27.7. The molecule has 268 valence electrons. The smallest absolute Gasteiger partial charge is 0.419 e. The fourth-order valence-corrected chi connectivity index (χ4v) is 7.03. The quantitative estimate of drug-likeness (QED) is 0.327. The number of hydrogen-bond acceptors (Lipinski definition) is 9. The Morgan fingerprint density at radius 3 is 2.27 bits per heavy atom. The molecule has 0 radical (unpaired) electrons. The number of hydrogen-bond donors (Lipinski definition) is 1. The number of ether oxygens (including phenoxy) is 1. The van der Waals surface area contributed by atoms with Crippen LogP contribution in [0.4, 0.5) is 42.8 Å². The van der Waals surface area contributed by atoms with Crippen LogP contribution in [0.3, 0.4) is 0 Å². The summed E-state index contributed by atoms with van der Waals surface area (Å²) in [6.45, 7) is 5.92. The molecule has 2 aliphatic rings. The van der Waals surface area contributed by atoms with Crippen LogP contribution in [0, 0.1) is 0 Å². The first-order chi connectivity index (χ1) is 22.8. The number of rotatable bonds is 7. The van der Waals surface area contributed by atoms with Crippen LogP contribution in [-0.4, -0.2) is 101 Å². The molecule has 49 heavy (non-hydrogen) atoms. The van der Waals surface area contributed by atoms with Crippen LogP contribution < -0.4 is 10.2 Å². The van der Waals surface area contributed by atoms with Crippen molar-refractivity contribution in [2.45, 2.75) is 69.0 Å². The molecule has 12 nitrogen and oxygen atoms in total. The first-order valence-corrected chi connectivity index (χ1v) is 16.9. The van der Waals surface area contributed by atoms with Crippen LogP contribution in [-0.2, 0) is 27.5 Å². The van der Waals surface area contributed by atoms with Crippen LogP contribution in [0.15, 0.2) is 47.8 Å². The van der Waals surface area contributed by atoms with Crippen molar-refractivity contribution in [2.75, 3.05) is 49.5 Å². The van der Waals surface area contributed by atoms with Gasteiger partial charge in [-0.05, 0) is 51.8 Å². The van der Waals surface area contributed by atoms with Crippen molar-refractivity contribution in [1.29, 1.82) is 0 Å². The molecule has 5 rings (SSSR count). The fraction of sp³-hybridized carbons (Fsp3) is 0.533. The number of carbonyl (C=O) groups excluding carboxylic acids is 1. The van der Waals surface area contributed by atoms with Gasteiger partial charge in [0.2, 0.25) is 16.0 Å². The molecule has 1 aromatic carbocycles. The Hall–Kier alpha value is -4.13. The first kappa shape index (κ1) is 36.2. The van der Waals surface area contributed by atoms with Crippen molar-refractivity contribution < 1.29 is 44.3 Å². The minimum Gasteiger partial charge on any atom is -0.444 e. The Labute approximate surface area is 279 Å². The van der Waals surface area contributed by atoms with Crippen molar-refractivity contribution in [3.63, 3.8) is 0 Å². The predicted molar refractivity (Wildman–Crippen MR) is 166 cm³/mol. The third-order valence-electron chi connectivity index (χ3n) is 7.88. The maximum absolute atomic E-state index is 13.7. The second-order valence-electron chi connectivity index (χ2n) is 12.8. The van der Waals surface area contributed by atoms with Crippen LogP contribution >= 0.6 is 0 Å². The molecule has 1 amide bonds. The van der Waals surface area contributed by atoms with E-state index in [0.29, 0.717) is 42.7 Å². The molecule has 2 saturated heterocycles. The lowest BCUT2D eigenvalue weighted by Crippen LogP contribution is -2.50. The number of halogens is 6. The molecule has 0 saturated carbocycles. The van der Waals surface area contributed by atoms with E-state index in [4.69, 9.17) is 4.74 Å². The summed E-state index contributed by atoms with van der Waals surface area (Å²) in [5, 5.41) is 6.46. The third-order valence-corrected chi connectivity index (χ3v) is 9.78. The number of piperidine rings is 1. The zero-order chi connectivity index (χ0) is 35.8. The first-order valence-electron chi connectivity index (χ1n) is 15.4. The Morgan fingerprint density at radius 1 is 0.980 bits per heavy atom. The highest BCUT2D eigenvalue weighted by Crippen LogP contribution is 2.36. The summed E-state index contributed by atoms with van der Waals surface area (Å²) in [6, 6.07) is 6.17. The average molecular weight is 719 g/mol. The zero-order valence-electron chi connectivity index (χ0n) is 26.9. The van der Waals surface area contributed by atoms with Gasteiger partial charge in [-0.3, -0.25) is 4.68 Å². The van der Waals surface area contributed by atoms with Gasteiger partial charge in [0.15, 0.2) is 0 Å². The number of carbonyl (C=O) groups is 1. The summed E-state index contributed by atoms with van der Waals surface area (Å²) >= 11 is 0. The van der Waals surface area contributed by atoms with Gasteiger partial charge in [0.05, 0.1) is 16.8 Å². The van der Waals surface area contributed by atoms with E-state index in [1.165, 1.54) is 10.4 Å². The number of piperazine rings is 1. The largest absolute Gasteiger partial charge is 0.444 e. The summed E-state index contributed by atoms with van der Waals surface area (Å²) in [6.07, 6.45) is -7.08. The lowest BCUT2D eigenvalue weighted by atomic mass is 10.1. The summed E-state index contributed by atoms with van der Waals surface area (Å²) in [5.74, 6) is -0.188. The normalized spacial score (nSPS) is 17.3. The molecular weight excluding hydrogens is 682 g/mol. The number of alkyl halides is 6. The van der Waals surface area contributed by atoms with Gasteiger partial charge >= 0.3 is 18.4 Å². The highest BCUT2D eigenvalue weighted by molar-refractivity contribution is 7.89. The van der Waals surface area contributed by atoms with E-state index in [1.807, 2.05) is 4.90 Å². The van der Waals surface area contributed by atoms with Crippen LogP contribution in [0.1, 0.15) is 39.2 Å². The number of benzene rings is 1. The van der Waals surface area contributed by atoms with Crippen LogP contribution in [0.25, 0.3) is 11.3 Å². The van der Waals surface area contributed by atoms with E-state index >= 15 is 0 Å². The molecular formula is C30H36F6N8O4S. The van der Waals surface area contributed by atoms with Crippen molar-refractivity contribution in [3.05, 3.63) is 48.4 Å². The summed E-state index contributed by atoms with van der Waals surface area (Å²) in [5.41, 5.74) is -2.06. The maximum Gasteiger partial charge on any atom is 0.419 e. The summed E-state index contributed by atoms with van der Waals surface area (Å²) in [4.78, 5) is 23.9. The number of sulfonamides is 1. The standard InChI is InChI=1S/C30H36F6N8O4S/c1-28(2,3)48-27(45)42-13-11-41(12-14-42)22-5-4-6-23(15-22)49(46,47)44-9-7-21(8-10-44)39-26-37-17-24(30(34,35)36)25(40-26)20-16-38-43(18-20)19-29(31,32)33/h4-6,15-18,21H,7-14,19H2,1-3H3,(H,37,39,40). The van der Waals surface area contributed by atoms with Crippen LogP contribution in [0.2, 0.25) is 0 Å². The van der Waals surface area contributed by atoms with E-state index in [9.17, 15) is 39.6 Å². The van der Waals surface area contributed by atoms with Gasteiger partial charge in [-0.15, -0.1) is 0 Å². The Morgan fingerprint density at radius 2 is 1.65 bits per heavy atom. The number of anilines is 2. The molecule has 2 aliphatic heterocycles. The van der Waals surface area contributed by atoms with Gasteiger partial charge in [0.25, 0.3) is 0 Å². The molecule has 0 unspecified atom stereocenters. The van der Waals surface area contributed by atoms with Crippen LogP contribution in [0.5, 0.6) is 0 Å². The topological polar surface area (TPSA) is 126 Å². The minimum absolute atomic E-state index is 0.104. The number of amides is 1. The van der Waals surface area contributed by atoms with E-state index in [-0.39, 0.29) is 42.3 Å². The van der Waals surface area contributed by atoms with Gasteiger partial charge in [-0.2, -0.15) is 35.7 Å². The molecule has 3 aromatic rings. The Kier molecular flexibility index (Phi) is 10.1. The van der Waals surface area contributed by atoms with Gasteiger partial charge in [-0.25, -0.2) is 23.2 Å². The van der Waals surface area contributed by atoms with Crippen molar-refractivity contribution in [2.24, 2.45) is 0 Å². The lowest BCUT2D eigenvalue weighted by molar-refractivity contribution is -0.142. The predicted octanol–water partition coefficient (Wildman–Crippen LogP) is 5.24. The van der Waals surface area contributed by atoms with Gasteiger partial charge in [0.1, 0.15) is 17.7 Å². The van der Waals surface area contributed by atoms with Crippen molar-refractivity contribution >= 4 is 27.8 Å². The number of nitrogens with zero attached hydrogens (tertiary/aromatic N) is 7. The SMILES string of the molecule is CC(C)(C)OC(=O)N1CCN(c2cccc(S(=O)(=O)N3CCC(Nc4ncc(C(F)(F)F)c(-c5cnn(CC(F)(F)F)c5)n4)CC3)c2)CC1. The Bertz CT molecular complexity index is 1740. The van der Waals surface area contributed by atoms with E-state index in [0.717, 1.165) is 12.4 Å². The highest BCUT2D eigenvalue weighted by Gasteiger charge is 2.37. The fourth-order valence-electron chi connectivity index (χ4n) is 5.52. The molecule has 0 atom stereocenters. The van der Waals surface area contributed by atoms with Gasteiger partial charge in [0, 0.05) is 69.0 Å². The third kappa shape index (κ3) is 9.11. The Balaban J connectivity index is 1.22. The molecule has 19 heteroatoms. The number of nitrogens with one attached hydrogen (secondary N) is 1. The highest BCUT2D eigenvalue weighted by atomic mass is 32.2. The molecule has 2 aromatic heterocycles. The van der Waals surface area contributed by atoms with Crippen molar-refractivity contribution in [3.8, 4) is 11.3 Å². The monoisotopic (exact) mass is 718 g/mol. The van der Waals surface area contributed by atoms with Crippen molar-refractivity contribution in [1.82, 2.24) is 29.0 Å². The second-order valence-corrected chi connectivity index (χ2v) is 14.7. The van der Waals surface area contributed by atoms with E-state index < -0.39 is 57.9 Å². The molecule has 1 N–H and O–H groups in total. The maximum atomic E-state index is 13.7. The van der Waals surface area contributed by atoms with E-state index in [2.05, 4.69) is 20.4 Å². The van der Waals surface area contributed by atoms with E-state index in [1.54, 1.807) is 43.9 Å². The van der Waals surface area contributed by atoms with Gasteiger partial charge < -0.3 is 19.9 Å². The molecule has 0 spiro atoms. The number of aromatic nitrogens is 4. The summed E-state index contributed by atoms with van der Waals surface area (Å²) < 4.78 is 114.